The Morgan fingerprint density at radius 2 is 1.89 bits per heavy atom. The number of aliphatic hydroxyl groups is 1. The second kappa shape index (κ2) is 10.2. The minimum atomic E-state index is -4.81. The van der Waals surface area contributed by atoms with Crippen LogP contribution in [0.1, 0.15) is 21.5 Å². The van der Waals surface area contributed by atoms with Crippen molar-refractivity contribution in [2.45, 2.75) is 12.7 Å². The molecule has 8 nitrogen and oxygen atoms in total. The first-order valence-electron chi connectivity index (χ1n) is 11.4. The van der Waals surface area contributed by atoms with E-state index in [9.17, 15) is 22.4 Å². The average molecular weight is 525 g/mol. The second-order valence-corrected chi connectivity index (χ2v) is 8.38. The molecule has 0 bridgehead atoms. The number of carbonyl (C=O) groups is 1. The zero-order valence-corrected chi connectivity index (χ0v) is 19.6. The Balaban J connectivity index is 1.50. The minimum Gasteiger partial charge on any atom is -0.394 e. The number of hydrogen-bond donors (Lipinski definition) is 1. The Labute approximate surface area is 212 Å². The summed E-state index contributed by atoms with van der Waals surface area (Å²) in [6, 6.07) is 12.8. The highest BCUT2D eigenvalue weighted by atomic mass is 19.4. The molecule has 38 heavy (non-hydrogen) atoms. The number of benzene rings is 2. The summed E-state index contributed by atoms with van der Waals surface area (Å²) in [6.45, 7) is -1.14. The summed E-state index contributed by atoms with van der Waals surface area (Å²) in [6.07, 6.45) is -3.25. The highest BCUT2D eigenvalue weighted by Crippen LogP contribution is 2.35. The van der Waals surface area contributed by atoms with E-state index in [-0.39, 0.29) is 36.7 Å². The number of alkyl halides is 3. The van der Waals surface area contributed by atoms with E-state index in [1.54, 1.807) is 30.5 Å². The monoisotopic (exact) mass is 525 g/mol. The van der Waals surface area contributed by atoms with Gasteiger partial charge in [-0.3, -0.25) is 9.78 Å². The van der Waals surface area contributed by atoms with Gasteiger partial charge in [-0.15, -0.1) is 5.10 Å². The summed E-state index contributed by atoms with van der Waals surface area (Å²) < 4.78 is 62.5. The van der Waals surface area contributed by atoms with E-state index in [1.807, 2.05) is 0 Å². The fraction of sp³-hybridized carbons (Fsp3) is 0.192. The molecule has 12 heteroatoms. The van der Waals surface area contributed by atoms with Crippen LogP contribution in [0.3, 0.4) is 0 Å². The molecular weight excluding hydrogens is 506 g/mol. The van der Waals surface area contributed by atoms with E-state index >= 15 is 0 Å². The largest absolute Gasteiger partial charge is 0.417 e. The third-order valence-electron chi connectivity index (χ3n) is 5.84. The molecule has 5 aromatic rings. The lowest BCUT2D eigenvalue weighted by molar-refractivity contribution is -0.137. The van der Waals surface area contributed by atoms with E-state index in [2.05, 4.69) is 20.3 Å². The van der Waals surface area contributed by atoms with E-state index in [4.69, 9.17) is 9.84 Å². The van der Waals surface area contributed by atoms with Gasteiger partial charge >= 0.3 is 6.18 Å². The van der Waals surface area contributed by atoms with Crippen molar-refractivity contribution in [1.82, 2.24) is 25.0 Å². The van der Waals surface area contributed by atoms with Gasteiger partial charge in [-0.1, -0.05) is 23.4 Å². The summed E-state index contributed by atoms with van der Waals surface area (Å²) in [5.41, 5.74) is 0.0594. The maximum absolute atomic E-state index is 14.7. The van der Waals surface area contributed by atoms with Gasteiger partial charge in [0.15, 0.2) is 11.4 Å². The predicted molar refractivity (Wildman–Crippen MR) is 129 cm³/mol. The van der Waals surface area contributed by atoms with E-state index in [0.29, 0.717) is 16.6 Å². The molecule has 0 spiro atoms. The van der Waals surface area contributed by atoms with Crippen LogP contribution in [0, 0.1) is 5.82 Å². The number of rotatable bonds is 8. The van der Waals surface area contributed by atoms with Gasteiger partial charge in [-0.25, -0.2) is 14.1 Å². The molecular formula is C26H19F4N5O3. The fourth-order valence-corrected chi connectivity index (χ4v) is 4.03. The SMILES string of the molecule is O=C(COCCO)c1ccc(-c2ccc3nnn(Cc4cc5cccnc5cc4F)c3n2)cc1C(F)(F)F. The summed E-state index contributed by atoms with van der Waals surface area (Å²) in [5, 5.41) is 17.6. The fourth-order valence-electron chi connectivity index (χ4n) is 4.03. The van der Waals surface area contributed by atoms with Gasteiger partial charge in [0, 0.05) is 34.3 Å². The van der Waals surface area contributed by atoms with Gasteiger partial charge < -0.3 is 9.84 Å². The van der Waals surface area contributed by atoms with E-state index < -0.39 is 35.5 Å². The maximum atomic E-state index is 14.7. The van der Waals surface area contributed by atoms with Crippen LogP contribution in [-0.4, -0.2) is 55.7 Å². The van der Waals surface area contributed by atoms with Gasteiger partial charge in [0.05, 0.1) is 36.5 Å². The number of carbonyl (C=O) groups excluding carboxylic acids is 1. The number of ether oxygens (including phenoxy) is 1. The van der Waals surface area contributed by atoms with Crippen molar-refractivity contribution in [1.29, 1.82) is 0 Å². The molecule has 2 aromatic carbocycles. The van der Waals surface area contributed by atoms with Crippen molar-refractivity contribution in [3.8, 4) is 11.3 Å². The van der Waals surface area contributed by atoms with E-state index in [0.717, 1.165) is 17.5 Å². The summed E-state index contributed by atoms with van der Waals surface area (Å²) in [7, 11) is 0. The van der Waals surface area contributed by atoms with Gasteiger partial charge in [0.1, 0.15) is 17.9 Å². The molecule has 0 saturated heterocycles. The van der Waals surface area contributed by atoms with Gasteiger partial charge in [0.25, 0.3) is 0 Å². The van der Waals surface area contributed by atoms with Crippen LogP contribution in [0.4, 0.5) is 17.6 Å². The number of nitrogens with zero attached hydrogens (tertiary/aromatic N) is 5. The maximum Gasteiger partial charge on any atom is 0.417 e. The van der Waals surface area contributed by atoms with Crippen LogP contribution < -0.4 is 0 Å². The lowest BCUT2D eigenvalue weighted by Gasteiger charge is -2.14. The van der Waals surface area contributed by atoms with Gasteiger partial charge in [0.2, 0.25) is 0 Å². The number of halogens is 4. The quantitative estimate of drug-likeness (QED) is 0.182. The predicted octanol–water partition coefficient (Wildman–Crippen LogP) is 4.44. The highest BCUT2D eigenvalue weighted by molar-refractivity contribution is 5.99. The smallest absolute Gasteiger partial charge is 0.394 e. The number of aromatic nitrogens is 5. The third kappa shape index (κ3) is 5.08. The molecule has 0 unspecified atom stereocenters. The first kappa shape index (κ1) is 25.4. The van der Waals surface area contributed by atoms with Gasteiger partial charge in [-0.2, -0.15) is 13.2 Å². The molecule has 0 aliphatic heterocycles. The van der Waals surface area contributed by atoms with Crippen molar-refractivity contribution in [3.63, 3.8) is 0 Å². The number of ketones is 1. The molecule has 0 amide bonds. The van der Waals surface area contributed by atoms with Crippen LogP contribution >= 0.6 is 0 Å². The minimum absolute atomic E-state index is 0.0152. The van der Waals surface area contributed by atoms with Crippen LogP contribution in [0.25, 0.3) is 33.3 Å². The Morgan fingerprint density at radius 3 is 2.68 bits per heavy atom. The van der Waals surface area contributed by atoms with Crippen molar-refractivity contribution in [2.75, 3.05) is 19.8 Å². The van der Waals surface area contributed by atoms with Crippen LogP contribution in [0.2, 0.25) is 0 Å². The molecule has 0 aliphatic carbocycles. The van der Waals surface area contributed by atoms with Crippen molar-refractivity contribution in [2.24, 2.45) is 0 Å². The first-order valence-corrected chi connectivity index (χ1v) is 11.4. The molecule has 0 fully saturated rings. The lowest BCUT2D eigenvalue weighted by Crippen LogP contribution is -2.17. The Morgan fingerprint density at radius 1 is 1.05 bits per heavy atom. The van der Waals surface area contributed by atoms with Crippen molar-refractivity contribution >= 4 is 27.9 Å². The first-order chi connectivity index (χ1) is 18.2. The van der Waals surface area contributed by atoms with Crippen LogP contribution in [-0.2, 0) is 17.5 Å². The Kier molecular flexibility index (Phi) is 6.83. The zero-order valence-electron chi connectivity index (χ0n) is 19.6. The second-order valence-electron chi connectivity index (χ2n) is 8.38. The number of pyridine rings is 2. The summed E-state index contributed by atoms with van der Waals surface area (Å²) >= 11 is 0. The summed E-state index contributed by atoms with van der Waals surface area (Å²) in [4.78, 5) is 20.9. The number of aliphatic hydroxyl groups excluding tert-OH is 1. The topological polar surface area (TPSA) is 103 Å². The van der Waals surface area contributed by atoms with Crippen LogP contribution in [0.15, 0.2) is 60.8 Å². The molecule has 3 aromatic heterocycles. The average Bonchev–Trinajstić information content (AvgIpc) is 3.30. The Hall–Kier alpha value is -4.29. The molecule has 0 aliphatic rings. The molecule has 0 atom stereocenters. The summed E-state index contributed by atoms with van der Waals surface area (Å²) in [5.74, 6) is -1.36. The number of hydrogen-bond acceptors (Lipinski definition) is 7. The van der Waals surface area contributed by atoms with Gasteiger partial charge in [-0.05, 0) is 30.3 Å². The van der Waals surface area contributed by atoms with Crippen LogP contribution in [0.5, 0.6) is 0 Å². The normalized spacial score (nSPS) is 11.9. The number of Topliss-reactive ketones (excluding diaryl/α,β-unsaturated/α-hetero) is 1. The Bertz CT molecular complexity index is 1650. The molecule has 0 radical (unpaired) electrons. The van der Waals surface area contributed by atoms with E-state index in [1.165, 1.54) is 22.9 Å². The zero-order chi connectivity index (χ0) is 26.9. The third-order valence-corrected chi connectivity index (χ3v) is 5.84. The standard InChI is InChI=1S/C26H19F4N5O3/c27-20-12-23-15(2-1-7-31-23)10-17(20)13-35-25-22(33-34-35)6-5-21(32-25)16-3-4-18(19(11-16)26(28,29)30)24(37)14-38-9-8-36/h1-7,10-12,36H,8-9,13-14H2. The van der Waals surface area contributed by atoms with Crippen molar-refractivity contribution < 1.29 is 32.2 Å². The highest BCUT2D eigenvalue weighted by Gasteiger charge is 2.35. The van der Waals surface area contributed by atoms with Crippen molar-refractivity contribution in [3.05, 3.63) is 83.3 Å². The number of fused-ring (bicyclic) bond motifs is 2. The molecule has 194 valence electrons. The molecule has 3 heterocycles. The molecule has 5 rings (SSSR count). The molecule has 1 N–H and O–H groups in total. The lowest BCUT2D eigenvalue weighted by atomic mass is 9.98. The molecule has 0 saturated carbocycles.